The monoisotopic (exact) mass is 378 g/mol. The minimum atomic E-state index is -1.61. The van der Waals surface area contributed by atoms with Crippen molar-refractivity contribution in [2.45, 2.75) is 70.2 Å². The molecule has 0 radical (unpaired) electrons. The molecule has 0 amide bonds. The van der Waals surface area contributed by atoms with Crippen molar-refractivity contribution >= 4 is 11.6 Å². The molecule has 8 atom stereocenters. The van der Waals surface area contributed by atoms with Crippen LogP contribution in [0.2, 0.25) is 0 Å². The number of hydrogen-bond donors (Lipinski definition) is 4. The molecule has 150 valence electrons. The van der Waals surface area contributed by atoms with Gasteiger partial charge < -0.3 is 20.4 Å². The van der Waals surface area contributed by atoms with Gasteiger partial charge in [0.1, 0.15) is 12.2 Å². The van der Waals surface area contributed by atoms with E-state index in [-0.39, 0.29) is 36.4 Å². The number of fused-ring (bicyclic) bond motifs is 5. The molecule has 0 spiro atoms. The van der Waals surface area contributed by atoms with Crippen molar-refractivity contribution in [2.75, 3.05) is 6.61 Å². The van der Waals surface area contributed by atoms with Gasteiger partial charge in [0, 0.05) is 17.3 Å². The third-order valence-electron chi connectivity index (χ3n) is 8.76. The van der Waals surface area contributed by atoms with E-state index in [2.05, 4.69) is 0 Å². The normalized spacial score (nSPS) is 51.9. The minimum absolute atomic E-state index is 0.0367. The summed E-state index contributed by atoms with van der Waals surface area (Å²) >= 11 is 0. The summed E-state index contributed by atoms with van der Waals surface area (Å²) in [6.07, 6.45) is 2.79. The Hall–Kier alpha value is -1.08. The Bertz CT molecular complexity index is 715. The van der Waals surface area contributed by atoms with E-state index in [1.807, 2.05) is 13.8 Å². The second kappa shape index (κ2) is 5.96. The molecular formula is C21H30O6. The fourth-order valence-corrected chi connectivity index (χ4v) is 7.32. The smallest absolute Gasteiger partial charge is 0.190 e. The predicted octanol–water partition coefficient (Wildman–Crippen LogP) is 0.752. The van der Waals surface area contributed by atoms with Crippen LogP contribution in [-0.4, -0.2) is 56.4 Å². The zero-order valence-corrected chi connectivity index (χ0v) is 16.0. The Morgan fingerprint density at radius 1 is 1.26 bits per heavy atom. The molecule has 0 saturated heterocycles. The maximum Gasteiger partial charge on any atom is 0.190 e. The third kappa shape index (κ3) is 2.27. The molecule has 3 fully saturated rings. The van der Waals surface area contributed by atoms with Crippen LogP contribution in [-0.2, 0) is 9.59 Å². The summed E-state index contributed by atoms with van der Waals surface area (Å²) in [4.78, 5) is 24.3. The number of carbonyl (C=O) groups is 2. The zero-order valence-electron chi connectivity index (χ0n) is 16.0. The number of aliphatic hydroxyl groups is 4. The lowest BCUT2D eigenvalue weighted by Crippen LogP contribution is -2.63. The Labute approximate surface area is 159 Å². The lowest BCUT2D eigenvalue weighted by Gasteiger charge is -2.61. The molecule has 0 aromatic rings. The van der Waals surface area contributed by atoms with Crippen LogP contribution in [0.3, 0.4) is 0 Å². The van der Waals surface area contributed by atoms with E-state index in [9.17, 15) is 30.0 Å². The van der Waals surface area contributed by atoms with Crippen LogP contribution in [0.4, 0.5) is 0 Å². The van der Waals surface area contributed by atoms with Crippen LogP contribution in [0.5, 0.6) is 0 Å². The molecule has 4 aliphatic carbocycles. The molecule has 6 nitrogen and oxygen atoms in total. The number of rotatable bonds is 2. The van der Waals surface area contributed by atoms with E-state index in [1.54, 1.807) is 6.08 Å². The first-order valence-electron chi connectivity index (χ1n) is 10.1. The van der Waals surface area contributed by atoms with Crippen molar-refractivity contribution in [3.8, 4) is 0 Å². The van der Waals surface area contributed by atoms with Gasteiger partial charge in [-0.25, -0.2) is 0 Å². The van der Waals surface area contributed by atoms with Crippen molar-refractivity contribution in [3.05, 3.63) is 11.6 Å². The molecule has 6 heteroatoms. The highest BCUT2D eigenvalue weighted by Gasteiger charge is 2.69. The second-order valence-electron chi connectivity index (χ2n) is 9.64. The van der Waals surface area contributed by atoms with Gasteiger partial charge in [0.25, 0.3) is 0 Å². The SMILES string of the molecule is C[C@]12C[C@H](O)[C@H]3[C@@H](CCC4=CC(=O)CC(O)[C@@]43C)[C@@H]1CC[C@]2(O)C(=O)CO. The molecule has 0 aliphatic heterocycles. The molecule has 0 bridgehead atoms. The van der Waals surface area contributed by atoms with Crippen molar-refractivity contribution in [3.63, 3.8) is 0 Å². The average molecular weight is 378 g/mol. The van der Waals surface area contributed by atoms with Crippen molar-refractivity contribution < 1.29 is 30.0 Å². The Kier molecular flexibility index (Phi) is 4.25. The molecule has 3 saturated carbocycles. The fourth-order valence-electron chi connectivity index (χ4n) is 7.32. The molecule has 0 aromatic carbocycles. The van der Waals surface area contributed by atoms with Gasteiger partial charge in [0.15, 0.2) is 11.6 Å². The van der Waals surface area contributed by atoms with Crippen molar-refractivity contribution in [1.82, 2.24) is 0 Å². The Morgan fingerprint density at radius 2 is 1.96 bits per heavy atom. The highest BCUT2D eigenvalue weighted by Crippen LogP contribution is 2.67. The van der Waals surface area contributed by atoms with Crippen molar-refractivity contribution in [1.29, 1.82) is 0 Å². The van der Waals surface area contributed by atoms with Crippen LogP contribution in [0.25, 0.3) is 0 Å². The second-order valence-corrected chi connectivity index (χ2v) is 9.64. The highest BCUT2D eigenvalue weighted by molar-refractivity contribution is 5.92. The predicted molar refractivity (Wildman–Crippen MR) is 96.5 cm³/mol. The molecule has 4 rings (SSSR count). The van der Waals surface area contributed by atoms with Gasteiger partial charge >= 0.3 is 0 Å². The largest absolute Gasteiger partial charge is 0.393 e. The van der Waals surface area contributed by atoms with Gasteiger partial charge in [-0.3, -0.25) is 9.59 Å². The van der Waals surface area contributed by atoms with Crippen LogP contribution < -0.4 is 0 Å². The topological polar surface area (TPSA) is 115 Å². The number of aliphatic hydroxyl groups excluding tert-OH is 3. The summed E-state index contributed by atoms with van der Waals surface area (Å²) in [7, 11) is 0. The lowest BCUT2D eigenvalue weighted by molar-refractivity contribution is -0.190. The first-order valence-corrected chi connectivity index (χ1v) is 10.1. The van der Waals surface area contributed by atoms with Gasteiger partial charge in [-0.15, -0.1) is 0 Å². The minimum Gasteiger partial charge on any atom is -0.393 e. The summed E-state index contributed by atoms with van der Waals surface area (Å²) in [6.45, 7) is 3.12. The first kappa shape index (κ1) is 19.2. The first-order chi connectivity index (χ1) is 12.6. The Balaban J connectivity index is 1.76. The molecule has 4 N–H and O–H groups in total. The lowest BCUT2D eigenvalue weighted by atomic mass is 9.45. The van der Waals surface area contributed by atoms with Gasteiger partial charge in [-0.05, 0) is 55.9 Å². The Morgan fingerprint density at radius 3 is 2.63 bits per heavy atom. The van der Waals surface area contributed by atoms with E-state index in [0.29, 0.717) is 19.3 Å². The molecular weight excluding hydrogens is 348 g/mol. The van der Waals surface area contributed by atoms with E-state index in [4.69, 9.17) is 0 Å². The molecule has 0 heterocycles. The third-order valence-corrected chi connectivity index (χ3v) is 8.76. The van der Waals surface area contributed by atoms with Gasteiger partial charge in [0.2, 0.25) is 0 Å². The van der Waals surface area contributed by atoms with Crippen LogP contribution in [0, 0.1) is 28.6 Å². The van der Waals surface area contributed by atoms with Gasteiger partial charge in [-0.1, -0.05) is 19.4 Å². The maximum absolute atomic E-state index is 12.4. The number of ketones is 2. The average Bonchev–Trinajstić information content (AvgIpc) is 2.87. The van der Waals surface area contributed by atoms with E-state index >= 15 is 0 Å². The van der Waals surface area contributed by atoms with Crippen LogP contribution >= 0.6 is 0 Å². The summed E-state index contributed by atoms with van der Waals surface area (Å²) in [5.74, 6) is -0.736. The van der Waals surface area contributed by atoms with Crippen LogP contribution in [0.15, 0.2) is 11.6 Å². The quantitative estimate of drug-likeness (QED) is 0.564. The fraction of sp³-hybridized carbons (Fsp3) is 0.810. The number of Topliss-reactive ketones (excluding diaryl/α,β-unsaturated/α-hetero) is 1. The van der Waals surface area contributed by atoms with E-state index < -0.39 is 41.0 Å². The zero-order chi connectivity index (χ0) is 19.8. The summed E-state index contributed by atoms with van der Waals surface area (Å²) in [6, 6.07) is 0. The summed E-state index contributed by atoms with van der Waals surface area (Å²) in [5.41, 5.74) is -2.13. The summed E-state index contributed by atoms with van der Waals surface area (Å²) < 4.78 is 0. The molecule has 1 unspecified atom stereocenters. The number of hydrogen-bond acceptors (Lipinski definition) is 6. The molecule has 27 heavy (non-hydrogen) atoms. The molecule has 0 aromatic heterocycles. The van der Waals surface area contributed by atoms with Crippen molar-refractivity contribution in [2.24, 2.45) is 28.6 Å². The molecule has 4 aliphatic rings. The van der Waals surface area contributed by atoms with E-state index in [0.717, 1.165) is 12.0 Å². The van der Waals surface area contributed by atoms with Gasteiger partial charge in [0.05, 0.1) is 12.2 Å². The standard InChI is InChI=1S/C21H30O6/c1-19-9-15(24)18-13(14(19)5-6-21(19,27)17(26)10-22)4-3-11-7-12(23)8-16(25)20(11,18)2/h7,13-16,18,22,24-25,27H,3-6,8-10H2,1-2H3/t13-,14-,15-,16?,18+,19-,20+,21-/m0/s1. The van der Waals surface area contributed by atoms with E-state index in [1.165, 1.54) is 0 Å². The number of carbonyl (C=O) groups excluding carboxylic acids is 2. The van der Waals surface area contributed by atoms with Crippen LogP contribution in [0.1, 0.15) is 52.4 Å². The van der Waals surface area contributed by atoms with Gasteiger partial charge in [-0.2, -0.15) is 0 Å². The summed E-state index contributed by atoms with van der Waals surface area (Å²) in [5, 5.41) is 42.6. The maximum atomic E-state index is 12.4. The highest BCUT2D eigenvalue weighted by atomic mass is 16.3.